The Kier molecular flexibility index (Phi) is 7.54. The number of ether oxygens (including phenoxy) is 3. The lowest BCUT2D eigenvalue weighted by Crippen LogP contribution is -2.45. The Balaban J connectivity index is 1.51. The molecule has 0 aliphatic carbocycles. The van der Waals surface area contributed by atoms with Gasteiger partial charge in [-0.1, -0.05) is 11.6 Å². The zero-order valence-electron chi connectivity index (χ0n) is 18.7. The molecule has 1 fully saturated rings. The molecule has 2 amide bonds. The molecule has 172 valence electrons. The summed E-state index contributed by atoms with van der Waals surface area (Å²) in [6.07, 6.45) is 1.67. The van der Waals surface area contributed by atoms with E-state index in [1.165, 1.54) is 0 Å². The van der Waals surface area contributed by atoms with E-state index in [-0.39, 0.29) is 24.5 Å². The second kappa shape index (κ2) is 9.96. The number of likely N-dealkylation sites (tertiary alicyclic amines) is 1. The van der Waals surface area contributed by atoms with Crippen LogP contribution >= 0.6 is 11.6 Å². The minimum Gasteiger partial charge on any atom is -0.486 e. The van der Waals surface area contributed by atoms with E-state index in [4.69, 9.17) is 25.8 Å². The van der Waals surface area contributed by atoms with E-state index in [0.717, 1.165) is 25.9 Å². The van der Waals surface area contributed by atoms with Gasteiger partial charge in [0.15, 0.2) is 11.5 Å². The van der Waals surface area contributed by atoms with Crippen LogP contribution in [0.4, 0.5) is 10.5 Å². The van der Waals surface area contributed by atoms with E-state index in [0.29, 0.717) is 42.0 Å². The van der Waals surface area contributed by atoms with E-state index in [1.807, 2.05) is 20.8 Å². The summed E-state index contributed by atoms with van der Waals surface area (Å²) in [6, 6.07) is 3.36. The molecule has 1 aromatic rings. The summed E-state index contributed by atoms with van der Waals surface area (Å²) in [5.41, 5.74) is -0.00825. The standard InChI is InChI=1S/C22H32ClN3O5/c1-22(2,3)31-21(28)25(4)12-15-6-5-7-26(13-15)14-20(27)24-17-11-19-18(10-16(17)23)29-8-9-30-19/h10-11,15H,5-9,12-14H2,1-4H3,(H,24,27). The van der Waals surface area contributed by atoms with Gasteiger partial charge in [0.1, 0.15) is 18.8 Å². The molecule has 31 heavy (non-hydrogen) atoms. The second-order valence-corrected chi connectivity index (χ2v) is 9.54. The number of anilines is 1. The van der Waals surface area contributed by atoms with Crippen LogP contribution in [0.3, 0.4) is 0 Å². The molecule has 1 atom stereocenters. The number of halogens is 1. The fraction of sp³-hybridized carbons (Fsp3) is 0.636. The zero-order valence-corrected chi connectivity index (χ0v) is 19.5. The molecule has 9 heteroatoms. The highest BCUT2D eigenvalue weighted by Gasteiger charge is 2.26. The van der Waals surface area contributed by atoms with Crippen molar-refractivity contribution in [1.82, 2.24) is 9.80 Å². The molecule has 0 saturated carbocycles. The van der Waals surface area contributed by atoms with Gasteiger partial charge in [-0.3, -0.25) is 9.69 Å². The normalized spacial score (nSPS) is 18.9. The Hall–Kier alpha value is -2.19. The van der Waals surface area contributed by atoms with Crippen LogP contribution in [0.25, 0.3) is 0 Å². The van der Waals surface area contributed by atoms with Crippen molar-refractivity contribution in [3.63, 3.8) is 0 Å². The molecule has 8 nitrogen and oxygen atoms in total. The molecule has 2 aliphatic rings. The van der Waals surface area contributed by atoms with Crippen LogP contribution in [0.1, 0.15) is 33.6 Å². The maximum absolute atomic E-state index is 12.6. The summed E-state index contributed by atoms with van der Waals surface area (Å²) in [4.78, 5) is 28.6. The largest absolute Gasteiger partial charge is 0.486 e. The second-order valence-electron chi connectivity index (χ2n) is 9.13. The third-order valence-electron chi connectivity index (χ3n) is 5.11. The molecule has 1 aromatic carbocycles. The highest BCUT2D eigenvalue weighted by atomic mass is 35.5. The highest BCUT2D eigenvalue weighted by Crippen LogP contribution is 2.38. The molecular weight excluding hydrogens is 422 g/mol. The van der Waals surface area contributed by atoms with Gasteiger partial charge in [-0.15, -0.1) is 0 Å². The predicted octanol–water partition coefficient (Wildman–Crippen LogP) is 3.63. The molecule has 1 unspecified atom stereocenters. The zero-order chi connectivity index (χ0) is 22.6. The molecule has 1 saturated heterocycles. The first-order valence-electron chi connectivity index (χ1n) is 10.7. The lowest BCUT2D eigenvalue weighted by Gasteiger charge is -2.34. The molecular formula is C22H32ClN3O5. The number of carbonyl (C=O) groups is 2. The summed E-state index contributed by atoms with van der Waals surface area (Å²) in [5, 5.41) is 3.28. The minimum atomic E-state index is -0.517. The summed E-state index contributed by atoms with van der Waals surface area (Å²) < 4.78 is 16.5. The fourth-order valence-electron chi connectivity index (χ4n) is 3.80. The SMILES string of the molecule is CN(CC1CCCN(CC(=O)Nc2cc3c(cc2Cl)OCCO3)C1)C(=O)OC(C)(C)C. The van der Waals surface area contributed by atoms with Crippen molar-refractivity contribution in [2.75, 3.05) is 51.8 Å². The van der Waals surface area contributed by atoms with Crippen molar-refractivity contribution in [3.05, 3.63) is 17.2 Å². The molecule has 2 heterocycles. The van der Waals surface area contributed by atoms with Crippen LogP contribution < -0.4 is 14.8 Å². The lowest BCUT2D eigenvalue weighted by molar-refractivity contribution is -0.117. The number of amides is 2. The van der Waals surface area contributed by atoms with Gasteiger partial charge in [-0.25, -0.2) is 4.79 Å². The average molecular weight is 454 g/mol. The van der Waals surface area contributed by atoms with Gasteiger partial charge in [0.25, 0.3) is 0 Å². The topological polar surface area (TPSA) is 80.3 Å². The van der Waals surface area contributed by atoms with Crippen LogP contribution in [0, 0.1) is 5.92 Å². The molecule has 3 rings (SSSR count). The van der Waals surface area contributed by atoms with Crippen molar-refractivity contribution in [2.24, 2.45) is 5.92 Å². The average Bonchev–Trinajstić information content (AvgIpc) is 2.67. The van der Waals surface area contributed by atoms with Crippen molar-refractivity contribution in [3.8, 4) is 11.5 Å². The third kappa shape index (κ3) is 6.90. The van der Waals surface area contributed by atoms with Crippen LogP contribution in [0.5, 0.6) is 11.5 Å². The Bertz CT molecular complexity index is 811. The molecule has 0 aromatic heterocycles. The van der Waals surface area contributed by atoms with Crippen molar-refractivity contribution >= 4 is 29.3 Å². The van der Waals surface area contributed by atoms with Crippen LogP contribution in [-0.2, 0) is 9.53 Å². The Morgan fingerprint density at radius 1 is 1.26 bits per heavy atom. The maximum Gasteiger partial charge on any atom is 0.410 e. The molecule has 2 aliphatic heterocycles. The van der Waals surface area contributed by atoms with Crippen LogP contribution in [0.15, 0.2) is 12.1 Å². The fourth-order valence-corrected chi connectivity index (χ4v) is 4.00. The Morgan fingerprint density at radius 3 is 2.61 bits per heavy atom. The van der Waals surface area contributed by atoms with Gasteiger partial charge < -0.3 is 24.4 Å². The third-order valence-corrected chi connectivity index (χ3v) is 5.43. The number of hydrogen-bond acceptors (Lipinski definition) is 6. The summed E-state index contributed by atoms with van der Waals surface area (Å²) in [5.74, 6) is 1.31. The highest BCUT2D eigenvalue weighted by molar-refractivity contribution is 6.34. The van der Waals surface area contributed by atoms with Crippen LogP contribution in [-0.4, -0.2) is 73.8 Å². The quantitative estimate of drug-likeness (QED) is 0.733. The van der Waals surface area contributed by atoms with Gasteiger partial charge >= 0.3 is 6.09 Å². The predicted molar refractivity (Wildman–Crippen MR) is 119 cm³/mol. The number of fused-ring (bicyclic) bond motifs is 1. The summed E-state index contributed by atoms with van der Waals surface area (Å²) in [7, 11) is 1.75. The number of carbonyl (C=O) groups excluding carboxylic acids is 2. The Morgan fingerprint density at radius 2 is 1.94 bits per heavy atom. The van der Waals surface area contributed by atoms with Crippen LogP contribution in [0.2, 0.25) is 5.02 Å². The number of nitrogens with one attached hydrogen (secondary N) is 1. The Labute approximate surface area is 188 Å². The van der Waals surface area contributed by atoms with E-state index in [2.05, 4.69) is 10.2 Å². The molecule has 1 N–H and O–H groups in total. The number of nitrogens with zero attached hydrogens (tertiary/aromatic N) is 2. The number of hydrogen-bond donors (Lipinski definition) is 1. The van der Waals surface area contributed by atoms with Gasteiger partial charge in [-0.05, 0) is 46.1 Å². The van der Waals surface area contributed by atoms with Crippen molar-refractivity contribution < 1.29 is 23.8 Å². The van der Waals surface area contributed by atoms with Gasteiger partial charge in [0.05, 0.1) is 17.3 Å². The van der Waals surface area contributed by atoms with Crippen molar-refractivity contribution in [2.45, 2.75) is 39.2 Å². The number of rotatable bonds is 5. The van der Waals surface area contributed by atoms with E-state index >= 15 is 0 Å². The minimum absolute atomic E-state index is 0.139. The first kappa shape index (κ1) is 23.5. The van der Waals surface area contributed by atoms with Gasteiger partial charge in [-0.2, -0.15) is 0 Å². The maximum atomic E-state index is 12.6. The first-order valence-corrected chi connectivity index (χ1v) is 11.0. The summed E-state index contributed by atoms with van der Waals surface area (Å²) in [6.45, 7) is 8.96. The monoisotopic (exact) mass is 453 g/mol. The van der Waals surface area contributed by atoms with E-state index in [9.17, 15) is 9.59 Å². The number of benzene rings is 1. The lowest BCUT2D eigenvalue weighted by atomic mass is 9.97. The van der Waals surface area contributed by atoms with Gasteiger partial charge in [0, 0.05) is 32.3 Å². The number of piperidine rings is 1. The molecule has 0 spiro atoms. The smallest absolute Gasteiger partial charge is 0.410 e. The molecule has 0 radical (unpaired) electrons. The van der Waals surface area contributed by atoms with E-state index in [1.54, 1.807) is 24.1 Å². The van der Waals surface area contributed by atoms with Crippen molar-refractivity contribution in [1.29, 1.82) is 0 Å². The summed E-state index contributed by atoms with van der Waals surface area (Å²) >= 11 is 6.29. The molecule has 0 bridgehead atoms. The first-order chi connectivity index (χ1) is 14.6. The van der Waals surface area contributed by atoms with E-state index < -0.39 is 5.60 Å². The van der Waals surface area contributed by atoms with Gasteiger partial charge in [0.2, 0.25) is 5.91 Å².